The molecule has 0 bridgehead atoms. The molecule has 0 aliphatic heterocycles. The van der Waals surface area contributed by atoms with E-state index in [2.05, 4.69) is 34.5 Å². The van der Waals surface area contributed by atoms with Gasteiger partial charge in [0.25, 0.3) is 11.5 Å². The molecule has 30 heavy (non-hydrogen) atoms. The van der Waals surface area contributed by atoms with Gasteiger partial charge in [-0.15, -0.1) is 11.3 Å². The van der Waals surface area contributed by atoms with Crippen LogP contribution >= 0.6 is 11.3 Å². The minimum Gasteiger partial charge on any atom is -0.296 e. The maximum atomic E-state index is 13.0. The molecule has 0 aliphatic rings. The lowest BCUT2D eigenvalue weighted by Crippen LogP contribution is -2.27. The molecule has 0 radical (unpaired) electrons. The summed E-state index contributed by atoms with van der Waals surface area (Å²) in [4.78, 5) is 31.1. The quantitative estimate of drug-likeness (QED) is 0.479. The van der Waals surface area contributed by atoms with Crippen LogP contribution in [0.1, 0.15) is 40.7 Å². The number of nitrogens with zero attached hydrogens (tertiary/aromatic N) is 3. The van der Waals surface area contributed by atoms with Crippen LogP contribution in [0.15, 0.2) is 65.6 Å². The van der Waals surface area contributed by atoms with Crippen LogP contribution in [0.2, 0.25) is 0 Å². The van der Waals surface area contributed by atoms with Gasteiger partial charge in [0.1, 0.15) is 0 Å². The molecule has 2 heterocycles. The molecule has 0 fully saturated rings. The molecule has 0 atom stereocenters. The van der Waals surface area contributed by atoms with Crippen molar-refractivity contribution < 1.29 is 4.79 Å². The highest BCUT2D eigenvalue weighted by Crippen LogP contribution is 2.22. The average molecular weight is 419 g/mol. The summed E-state index contributed by atoms with van der Waals surface area (Å²) in [6.45, 7) is 2.54. The first-order chi connectivity index (χ1) is 14.7. The zero-order valence-corrected chi connectivity index (χ0v) is 17.5. The number of hydrogen-bond donors (Lipinski definition) is 1. The van der Waals surface area contributed by atoms with Crippen LogP contribution in [0, 0.1) is 0 Å². The molecule has 0 aliphatic carbocycles. The topological polar surface area (TPSA) is 76.9 Å². The Kier molecular flexibility index (Phi) is 5.99. The standard InChI is InChI=1S/C23H22N4O2S/c1-2-3-13-27-22(29)19-12-8-7-11-18(19)20(26-27)21(28)25-23-24-15-17(30-23)14-16-9-5-4-6-10-16/h4-12,15H,2-3,13-14H2,1H3,(H,24,25,28). The molecule has 0 saturated carbocycles. The molecule has 7 heteroatoms. The molecular weight excluding hydrogens is 396 g/mol. The summed E-state index contributed by atoms with van der Waals surface area (Å²) >= 11 is 1.44. The van der Waals surface area contributed by atoms with Gasteiger partial charge in [-0.05, 0) is 18.1 Å². The average Bonchev–Trinajstić information content (AvgIpc) is 3.20. The largest absolute Gasteiger partial charge is 0.296 e. The van der Waals surface area contributed by atoms with E-state index < -0.39 is 0 Å². The molecule has 4 rings (SSSR count). The third kappa shape index (κ3) is 4.31. The highest BCUT2D eigenvalue weighted by molar-refractivity contribution is 7.15. The summed E-state index contributed by atoms with van der Waals surface area (Å²) in [7, 11) is 0. The number of anilines is 1. The summed E-state index contributed by atoms with van der Waals surface area (Å²) in [6, 6.07) is 17.2. The fourth-order valence-electron chi connectivity index (χ4n) is 3.26. The molecule has 1 N–H and O–H groups in total. The Morgan fingerprint density at radius 2 is 1.80 bits per heavy atom. The number of nitrogens with one attached hydrogen (secondary N) is 1. The second-order valence-electron chi connectivity index (χ2n) is 7.02. The Labute approximate surface area is 178 Å². The number of fused-ring (bicyclic) bond motifs is 1. The molecule has 0 spiro atoms. The van der Waals surface area contributed by atoms with Gasteiger partial charge in [-0.3, -0.25) is 14.9 Å². The second-order valence-corrected chi connectivity index (χ2v) is 8.14. The Morgan fingerprint density at radius 1 is 1.07 bits per heavy atom. The molecule has 2 aromatic carbocycles. The predicted molar refractivity (Wildman–Crippen MR) is 120 cm³/mol. The van der Waals surface area contributed by atoms with Crippen molar-refractivity contribution in [3.05, 3.63) is 87.3 Å². The Hall–Kier alpha value is -3.32. The fraction of sp³-hybridized carbons (Fsp3) is 0.217. The van der Waals surface area contributed by atoms with Crippen LogP contribution in [-0.2, 0) is 13.0 Å². The second kappa shape index (κ2) is 9.00. The lowest BCUT2D eigenvalue weighted by atomic mass is 10.1. The van der Waals surface area contributed by atoms with E-state index in [4.69, 9.17) is 0 Å². The number of carbonyl (C=O) groups is 1. The van der Waals surface area contributed by atoms with Crippen LogP contribution in [0.25, 0.3) is 10.8 Å². The van der Waals surface area contributed by atoms with Crippen molar-refractivity contribution >= 4 is 33.1 Å². The van der Waals surface area contributed by atoms with Crippen molar-refractivity contribution in [2.24, 2.45) is 0 Å². The van der Waals surface area contributed by atoms with Crippen LogP contribution in [0.4, 0.5) is 5.13 Å². The zero-order valence-electron chi connectivity index (χ0n) is 16.7. The molecule has 0 unspecified atom stereocenters. The van der Waals surface area contributed by atoms with Gasteiger partial charge in [0.05, 0.1) is 5.39 Å². The van der Waals surface area contributed by atoms with Crippen LogP contribution in [0.5, 0.6) is 0 Å². The number of thiazole rings is 1. The number of carbonyl (C=O) groups excluding carboxylic acids is 1. The van der Waals surface area contributed by atoms with E-state index in [1.807, 2.05) is 18.2 Å². The minimum absolute atomic E-state index is 0.171. The van der Waals surface area contributed by atoms with Gasteiger partial charge in [0, 0.05) is 29.4 Å². The molecule has 1 amide bonds. The molecule has 0 saturated heterocycles. The summed E-state index contributed by atoms with van der Waals surface area (Å²) in [5.41, 5.74) is 1.26. The highest BCUT2D eigenvalue weighted by Gasteiger charge is 2.18. The molecule has 6 nitrogen and oxygen atoms in total. The maximum absolute atomic E-state index is 13.0. The maximum Gasteiger partial charge on any atom is 0.278 e. The van der Waals surface area contributed by atoms with Crippen LogP contribution in [-0.4, -0.2) is 20.7 Å². The van der Waals surface area contributed by atoms with Crippen molar-refractivity contribution in [1.82, 2.24) is 14.8 Å². The number of amides is 1. The van der Waals surface area contributed by atoms with Crippen molar-refractivity contribution in [2.75, 3.05) is 5.32 Å². The van der Waals surface area contributed by atoms with Gasteiger partial charge >= 0.3 is 0 Å². The van der Waals surface area contributed by atoms with E-state index in [-0.39, 0.29) is 17.2 Å². The van der Waals surface area contributed by atoms with Gasteiger partial charge in [-0.1, -0.05) is 61.9 Å². The van der Waals surface area contributed by atoms with Crippen LogP contribution in [0.3, 0.4) is 0 Å². The normalized spacial score (nSPS) is 11.0. The summed E-state index contributed by atoms with van der Waals surface area (Å²) in [5.74, 6) is -0.364. The first-order valence-corrected chi connectivity index (χ1v) is 10.8. The fourth-order valence-corrected chi connectivity index (χ4v) is 4.10. The summed E-state index contributed by atoms with van der Waals surface area (Å²) < 4.78 is 1.39. The monoisotopic (exact) mass is 418 g/mol. The van der Waals surface area contributed by atoms with Gasteiger partial charge in [0.2, 0.25) is 0 Å². The highest BCUT2D eigenvalue weighted by atomic mass is 32.1. The third-order valence-corrected chi connectivity index (χ3v) is 5.71. The Balaban J connectivity index is 1.60. The van der Waals surface area contributed by atoms with E-state index in [0.29, 0.717) is 22.4 Å². The molecule has 2 aromatic heterocycles. The van der Waals surface area contributed by atoms with Gasteiger partial charge in [-0.2, -0.15) is 5.10 Å². The van der Waals surface area contributed by atoms with Gasteiger partial charge in [0.15, 0.2) is 10.8 Å². The first-order valence-electron chi connectivity index (χ1n) is 9.95. The number of aromatic nitrogens is 3. The zero-order chi connectivity index (χ0) is 20.9. The molecular formula is C23H22N4O2S. The number of rotatable bonds is 7. The van der Waals surface area contributed by atoms with E-state index in [9.17, 15) is 9.59 Å². The number of benzene rings is 2. The summed E-state index contributed by atoms with van der Waals surface area (Å²) in [5, 5.41) is 8.79. The Morgan fingerprint density at radius 3 is 2.57 bits per heavy atom. The van der Waals surface area contributed by atoms with E-state index in [0.717, 1.165) is 24.1 Å². The van der Waals surface area contributed by atoms with Crippen molar-refractivity contribution in [3.63, 3.8) is 0 Å². The van der Waals surface area contributed by atoms with Gasteiger partial charge in [-0.25, -0.2) is 9.67 Å². The van der Waals surface area contributed by atoms with Crippen molar-refractivity contribution in [3.8, 4) is 0 Å². The number of aryl methyl sites for hydroxylation is 1. The number of unbranched alkanes of at least 4 members (excludes halogenated alkanes) is 1. The number of hydrogen-bond acceptors (Lipinski definition) is 5. The molecule has 152 valence electrons. The van der Waals surface area contributed by atoms with Crippen molar-refractivity contribution in [2.45, 2.75) is 32.7 Å². The Bertz CT molecular complexity index is 1230. The lowest BCUT2D eigenvalue weighted by molar-refractivity contribution is 0.102. The lowest BCUT2D eigenvalue weighted by Gasteiger charge is -2.10. The third-order valence-electron chi connectivity index (χ3n) is 4.80. The van der Waals surface area contributed by atoms with E-state index in [1.165, 1.54) is 21.6 Å². The smallest absolute Gasteiger partial charge is 0.278 e. The first kappa shape index (κ1) is 20.0. The van der Waals surface area contributed by atoms with E-state index >= 15 is 0 Å². The SMILES string of the molecule is CCCCn1nc(C(=O)Nc2ncc(Cc3ccccc3)s2)c2ccccc2c1=O. The van der Waals surface area contributed by atoms with Gasteiger partial charge < -0.3 is 0 Å². The van der Waals surface area contributed by atoms with Crippen molar-refractivity contribution in [1.29, 1.82) is 0 Å². The summed E-state index contributed by atoms with van der Waals surface area (Å²) in [6.07, 6.45) is 4.30. The molecule has 4 aromatic rings. The van der Waals surface area contributed by atoms with Crippen LogP contribution < -0.4 is 10.9 Å². The predicted octanol–water partition coefficient (Wildman–Crippen LogP) is 4.50. The van der Waals surface area contributed by atoms with E-state index in [1.54, 1.807) is 30.5 Å². The minimum atomic E-state index is -0.364.